The third-order valence-corrected chi connectivity index (χ3v) is 6.56. The fraction of sp³-hybridized carbons (Fsp3) is 0.444. The highest BCUT2D eigenvalue weighted by Gasteiger charge is 2.24. The topological polar surface area (TPSA) is 84.3 Å². The lowest BCUT2D eigenvalue weighted by molar-refractivity contribution is 0.0670. The van der Waals surface area contributed by atoms with Crippen molar-refractivity contribution >= 4 is 15.9 Å². The lowest BCUT2D eigenvalue weighted by Crippen LogP contribution is -2.31. The molecule has 0 aliphatic heterocycles. The first-order chi connectivity index (χ1) is 13.2. The van der Waals surface area contributed by atoms with Gasteiger partial charge in [-0.25, -0.2) is 13.4 Å². The minimum absolute atomic E-state index is 0.0806. The SMILES string of the molecule is CCN(CC)S(=O)(=O)c1cc(C(=O)NCCc2nccn2C(F)F)ccc1C. The second-order valence-electron chi connectivity index (χ2n) is 6.10. The highest BCUT2D eigenvalue weighted by atomic mass is 32.2. The molecule has 0 atom stereocenters. The van der Waals surface area contributed by atoms with Crippen molar-refractivity contribution in [2.45, 2.75) is 38.6 Å². The van der Waals surface area contributed by atoms with Crippen molar-refractivity contribution in [3.8, 4) is 0 Å². The van der Waals surface area contributed by atoms with Crippen molar-refractivity contribution in [3.63, 3.8) is 0 Å². The number of hydrogen-bond acceptors (Lipinski definition) is 4. The van der Waals surface area contributed by atoms with Crippen LogP contribution in [-0.2, 0) is 16.4 Å². The molecule has 0 fully saturated rings. The quantitative estimate of drug-likeness (QED) is 0.684. The van der Waals surface area contributed by atoms with E-state index in [1.165, 1.54) is 28.8 Å². The van der Waals surface area contributed by atoms with Crippen LogP contribution in [0.25, 0.3) is 0 Å². The second kappa shape index (κ2) is 9.24. The van der Waals surface area contributed by atoms with Crippen LogP contribution in [0.3, 0.4) is 0 Å². The summed E-state index contributed by atoms with van der Waals surface area (Å²) >= 11 is 0. The summed E-state index contributed by atoms with van der Waals surface area (Å²) in [6, 6.07) is 4.46. The smallest absolute Gasteiger partial charge is 0.319 e. The summed E-state index contributed by atoms with van der Waals surface area (Å²) in [6.45, 7) is 3.21. The molecule has 1 aromatic carbocycles. The van der Waals surface area contributed by atoms with Gasteiger partial charge >= 0.3 is 6.55 Å². The minimum Gasteiger partial charge on any atom is -0.352 e. The molecule has 1 heterocycles. The summed E-state index contributed by atoms with van der Waals surface area (Å²) in [4.78, 5) is 16.3. The van der Waals surface area contributed by atoms with Crippen LogP contribution in [0.15, 0.2) is 35.5 Å². The van der Waals surface area contributed by atoms with Crippen LogP contribution in [0.2, 0.25) is 0 Å². The van der Waals surface area contributed by atoms with Gasteiger partial charge in [0.15, 0.2) is 0 Å². The van der Waals surface area contributed by atoms with Gasteiger partial charge < -0.3 is 5.32 Å². The maximum Gasteiger partial charge on any atom is 0.319 e. The molecule has 0 bridgehead atoms. The Morgan fingerprint density at radius 2 is 1.96 bits per heavy atom. The number of benzene rings is 1. The van der Waals surface area contributed by atoms with E-state index in [0.717, 1.165) is 4.57 Å². The van der Waals surface area contributed by atoms with Gasteiger partial charge in [0.2, 0.25) is 10.0 Å². The van der Waals surface area contributed by atoms with Gasteiger partial charge in [-0.1, -0.05) is 19.9 Å². The van der Waals surface area contributed by atoms with Gasteiger partial charge in [0.1, 0.15) is 5.82 Å². The monoisotopic (exact) mass is 414 g/mol. The number of carbonyl (C=O) groups excluding carboxylic acids is 1. The summed E-state index contributed by atoms with van der Waals surface area (Å²) in [5.74, 6) is -0.324. The fourth-order valence-electron chi connectivity index (χ4n) is 2.83. The molecule has 10 heteroatoms. The molecule has 2 rings (SSSR count). The van der Waals surface area contributed by atoms with Crippen LogP contribution in [0.4, 0.5) is 8.78 Å². The van der Waals surface area contributed by atoms with E-state index in [-0.39, 0.29) is 29.2 Å². The number of nitrogens with one attached hydrogen (secondary N) is 1. The molecular formula is C18H24F2N4O3S. The van der Waals surface area contributed by atoms with Crippen molar-refractivity contribution in [2.75, 3.05) is 19.6 Å². The summed E-state index contributed by atoms with van der Waals surface area (Å²) in [5, 5.41) is 2.61. The molecule has 7 nitrogen and oxygen atoms in total. The largest absolute Gasteiger partial charge is 0.352 e. The number of imidazole rings is 1. The summed E-state index contributed by atoms with van der Waals surface area (Å²) in [7, 11) is -3.70. The van der Waals surface area contributed by atoms with E-state index >= 15 is 0 Å². The highest BCUT2D eigenvalue weighted by Crippen LogP contribution is 2.21. The number of aromatic nitrogens is 2. The maximum absolute atomic E-state index is 12.8. The number of aryl methyl sites for hydroxylation is 1. The number of rotatable bonds is 9. The van der Waals surface area contributed by atoms with E-state index in [2.05, 4.69) is 10.3 Å². The van der Waals surface area contributed by atoms with E-state index < -0.39 is 22.5 Å². The van der Waals surface area contributed by atoms with Gasteiger partial charge in [-0.05, 0) is 24.6 Å². The third-order valence-electron chi connectivity index (χ3n) is 4.37. The van der Waals surface area contributed by atoms with E-state index in [4.69, 9.17) is 0 Å². The van der Waals surface area contributed by atoms with Crippen LogP contribution in [-0.4, -0.2) is 47.8 Å². The molecule has 0 unspecified atom stereocenters. The van der Waals surface area contributed by atoms with Crippen LogP contribution in [0, 0.1) is 6.92 Å². The fourth-order valence-corrected chi connectivity index (χ4v) is 4.54. The van der Waals surface area contributed by atoms with Crippen LogP contribution in [0.1, 0.15) is 42.1 Å². The minimum atomic E-state index is -3.70. The van der Waals surface area contributed by atoms with Gasteiger partial charge in [0.25, 0.3) is 5.91 Å². The number of halogens is 2. The van der Waals surface area contributed by atoms with E-state index in [9.17, 15) is 22.0 Å². The van der Waals surface area contributed by atoms with Gasteiger partial charge in [0, 0.05) is 44.0 Å². The first kappa shape index (κ1) is 22.0. The van der Waals surface area contributed by atoms with E-state index in [1.807, 2.05) is 0 Å². The third kappa shape index (κ3) is 4.74. The molecule has 154 valence electrons. The lowest BCUT2D eigenvalue weighted by atomic mass is 10.1. The molecule has 1 amide bonds. The Kier molecular flexibility index (Phi) is 7.25. The van der Waals surface area contributed by atoms with Crippen LogP contribution >= 0.6 is 0 Å². The molecule has 0 aliphatic carbocycles. The van der Waals surface area contributed by atoms with Crippen molar-refractivity contribution in [1.29, 1.82) is 0 Å². The highest BCUT2D eigenvalue weighted by molar-refractivity contribution is 7.89. The van der Waals surface area contributed by atoms with Crippen molar-refractivity contribution in [2.24, 2.45) is 0 Å². The van der Waals surface area contributed by atoms with Crippen LogP contribution in [0.5, 0.6) is 0 Å². The number of sulfonamides is 1. The molecule has 2 aromatic rings. The second-order valence-corrected chi connectivity index (χ2v) is 8.01. The molecule has 0 spiro atoms. The van der Waals surface area contributed by atoms with Gasteiger partial charge in [-0.2, -0.15) is 13.1 Å². The first-order valence-electron chi connectivity index (χ1n) is 8.91. The number of carbonyl (C=O) groups is 1. The molecule has 0 aliphatic rings. The Labute approximate surface area is 163 Å². The van der Waals surface area contributed by atoms with Crippen LogP contribution < -0.4 is 5.32 Å². The molecule has 1 aromatic heterocycles. The Bertz CT molecular complexity index is 925. The normalized spacial score (nSPS) is 12.0. The zero-order valence-electron chi connectivity index (χ0n) is 16.0. The van der Waals surface area contributed by atoms with E-state index in [1.54, 1.807) is 26.8 Å². The Hall–Kier alpha value is -2.33. The Balaban J connectivity index is 2.13. The average Bonchev–Trinajstić information content (AvgIpc) is 3.11. The molecule has 0 saturated carbocycles. The number of hydrogen-bond donors (Lipinski definition) is 1. The zero-order chi connectivity index (χ0) is 20.9. The van der Waals surface area contributed by atoms with Crippen molar-refractivity contribution < 1.29 is 22.0 Å². The molecule has 1 N–H and O–H groups in total. The summed E-state index contributed by atoms with van der Waals surface area (Å²) < 4.78 is 53.2. The molecule has 0 radical (unpaired) electrons. The number of alkyl halides is 2. The standard InChI is InChI=1S/C18H24F2N4O3S/c1-4-23(5-2)28(26,27)15-12-14(7-6-13(15)3)17(25)22-9-8-16-21-10-11-24(16)18(19)20/h6-7,10-12,18H,4-5,8-9H2,1-3H3,(H,22,25). The average molecular weight is 414 g/mol. The van der Waals surface area contributed by atoms with Gasteiger partial charge in [0.05, 0.1) is 4.90 Å². The Morgan fingerprint density at radius 3 is 2.57 bits per heavy atom. The predicted molar refractivity (Wildman–Crippen MR) is 101 cm³/mol. The number of amides is 1. The number of nitrogens with zero attached hydrogens (tertiary/aromatic N) is 3. The maximum atomic E-state index is 12.8. The molecular weight excluding hydrogens is 390 g/mol. The lowest BCUT2D eigenvalue weighted by Gasteiger charge is -2.20. The first-order valence-corrected chi connectivity index (χ1v) is 10.3. The van der Waals surface area contributed by atoms with Gasteiger partial charge in [-0.3, -0.25) is 9.36 Å². The zero-order valence-corrected chi connectivity index (χ0v) is 16.8. The summed E-state index contributed by atoms with van der Waals surface area (Å²) in [5.41, 5.74) is 0.732. The van der Waals surface area contributed by atoms with Gasteiger partial charge in [-0.15, -0.1) is 0 Å². The summed E-state index contributed by atoms with van der Waals surface area (Å²) in [6.07, 6.45) is 2.57. The molecule has 0 saturated heterocycles. The van der Waals surface area contributed by atoms with E-state index in [0.29, 0.717) is 18.7 Å². The van der Waals surface area contributed by atoms with Crippen molar-refractivity contribution in [1.82, 2.24) is 19.2 Å². The predicted octanol–water partition coefficient (Wildman–Crippen LogP) is 2.59. The molecule has 28 heavy (non-hydrogen) atoms. The Morgan fingerprint density at radius 1 is 1.29 bits per heavy atom. The van der Waals surface area contributed by atoms with Crippen molar-refractivity contribution in [3.05, 3.63) is 47.5 Å².